The predicted octanol–water partition coefficient (Wildman–Crippen LogP) is 5.73. The molecule has 0 unspecified atom stereocenters. The molecule has 0 amide bonds. The molecule has 0 saturated carbocycles. The molecule has 3 aromatic rings. The van der Waals surface area contributed by atoms with Gasteiger partial charge in [0.1, 0.15) is 0 Å². The van der Waals surface area contributed by atoms with Gasteiger partial charge in [-0.2, -0.15) is 0 Å². The van der Waals surface area contributed by atoms with Gasteiger partial charge < -0.3 is 4.90 Å². The molecule has 0 spiro atoms. The summed E-state index contributed by atoms with van der Waals surface area (Å²) in [6, 6.07) is 24.8. The summed E-state index contributed by atoms with van der Waals surface area (Å²) < 4.78 is 0. The first-order chi connectivity index (χ1) is 11.8. The number of halogens is 1. The van der Waals surface area contributed by atoms with Crippen LogP contribution in [0.3, 0.4) is 0 Å². The first kappa shape index (κ1) is 15.0. The first-order valence-corrected chi connectivity index (χ1v) is 8.39. The number of nitrogens with zero attached hydrogens (tertiary/aromatic N) is 2. The van der Waals surface area contributed by atoms with Gasteiger partial charge in [-0.1, -0.05) is 60.1 Å². The fourth-order valence-corrected chi connectivity index (χ4v) is 3.32. The Balaban J connectivity index is 1.70. The fourth-order valence-electron chi connectivity index (χ4n) is 3.13. The Kier molecular flexibility index (Phi) is 4.06. The Labute approximate surface area is 147 Å². The van der Waals surface area contributed by atoms with E-state index in [0.29, 0.717) is 0 Å². The maximum atomic E-state index is 6.18. The second-order valence-electron chi connectivity index (χ2n) is 5.85. The van der Waals surface area contributed by atoms with E-state index >= 15 is 0 Å². The molecule has 1 heterocycles. The topological polar surface area (TPSA) is 15.6 Å². The fraction of sp³-hybridized carbons (Fsp3) is 0.0952. The van der Waals surface area contributed by atoms with Gasteiger partial charge in [0.15, 0.2) is 0 Å². The minimum Gasteiger partial charge on any atom is -0.360 e. The van der Waals surface area contributed by atoms with Crippen molar-refractivity contribution in [1.82, 2.24) is 0 Å². The smallest absolute Gasteiger partial charge is 0.0860 e. The molecule has 1 aliphatic heterocycles. The zero-order chi connectivity index (χ0) is 16.4. The largest absolute Gasteiger partial charge is 0.360 e. The Morgan fingerprint density at radius 1 is 0.917 bits per heavy atom. The molecule has 3 heteroatoms. The average molecular weight is 333 g/mol. The van der Waals surface area contributed by atoms with E-state index in [0.717, 1.165) is 29.4 Å². The number of hydrogen-bond acceptors (Lipinski definition) is 2. The molecule has 0 atom stereocenters. The van der Waals surface area contributed by atoms with E-state index < -0.39 is 0 Å². The van der Waals surface area contributed by atoms with Gasteiger partial charge in [0, 0.05) is 17.8 Å². The molecule has 24 heavy (non-hydrogen) atoms. The normalized spacial score (nSPS) is 13.0. The molecule has 3 aromatic carbocycles. The Morgan fingerprint density at radius 3 is 2.67 bits per heavy atom. The third kappa shape index (κ3) is 2.93. The van der Waals surface area contributed by atoms with Crippen molar-refractivity contribution in [2.75, 3.05) is 11.4 Å². The Hall–Kier alpha value is -2.58. The van der Waals surface area contributed by atoms with Crippen molar-refractivity contribution in [3.8, 4) is 11.1 Å². The zero-order valence-corrected chi connectivity index (χ0v) is 13.9. The molecule has 0 fully saturated rings. The molecule has 0 N–H and O–H groups in total. The zero-order valence-electron chi connectivity index (χ0n) is 13.2. The van der Waals surface area contributed by atoms with Crippen LogP contribution in [0, 0.1) is 0 Å². The van der Waals surface area contributed by atoms with E-state index in [4.69, 9.17) is 11.6 Å². The van der Waals surface area contributed by atoms with Crippen LogP contribution in [0.4, 0.5) is 11.4 Å². The van der Waals surface area contributed by atoms with E-state index in [2.05, 4.69) is 58.4 Å². The van der Waals surface area contributed by atoms with Crippen LogP contribution in [0.5, 0.6) is 0 Å². The number of para-hydroxylation sites is 2. The van der Waals surface area contributed by atoms with Gasteiger partial charge in [0.2, 0.25) is 0 Å². The van der Waals surface area contributed by atoms with Crippen molar-refractivity contribution in [1.29, 1.82) is 0 Å². The quantitative estimate of drug-likeness (QED) is 0.598. The molecule has 0 aliphatic carbocycles. The van der Waals surface area contributed by atoms with Crippen molar-refractivity contribution in [2.45, 2.75) is 6.54 Å². The summed E-state index contributed by atoms with van der Waals surface area (Å²) in [5.74, 6) is 0. The second-order valence-corrected chi connectivity index (χ2v) is 6.28. The third-order valence-corrected chi connectivity index (χ3v) is 4.50. The monoisotopic (exact) mass is 332 g/mol. The van der Waals surface area contributed by atoms with E-state index in [1.807, 2.05) is 30.5 Å². The highest BCUT2D eigenvalue weighted by molar-refractivity contribution is 6.30. The summed E-state index contributed by atoms with van der Waals surface area (Å²) in [5.41, 5.74) is 5.87. The summed E-state index contributed by atoms with van der Waals surface area (Å²) >= 11 is 6.18. The average Bonchev–Trinajstić information content (AvgIpc) is 2.62. The number of aliphatic imine (C=N–C) groups is 1. The SMILES string of the molecule is Clc1cccc(-c2ccccc2CN2CC=Nc3ccccc32)c1. The van der Waals surface area contributed by atoms with Gasteiger partial charge in [-0.15, -0.1) is 0 Å². The van der Waals surface area contributed by atoms with Crippen molar-refractivity contribution in [3.05, 3.63) is 83.4 Å². The summed E-state index contributed by atoms with van der Waals surface area (Å²) in [6.45, 7) is 1.66. The van der Waals surface area contributed by atoms with E-state index in [1.165, 1.54) is 16.8 Å². The molecule has 1 aliphatic rings. The van der Waals surface area contributed by atoms with Crippen molar-refractivity contribution in [3.63, 3.8) is 0 Å². The standard InChI is InChI=1S/C21H17ClN2/c22-18-8-5-7-16(14-18)19-9-2-1-6-17(19)15-24-13-12-23-20-10-3-4-11-21(20)24/h1-12,14H,13,15H2. The predicted molar refractivity (Wildman–Crippen MR) is 103 cm³/mol. The lowest BCUT2D eigenvalue weighted by Crippen LogP contribution is -2.27. The van der Waals surface area contributed by atoms with E-state index in [9.17, 15) is 0 Å². The van der Waals surface area contributed by atoms with Crippen LogP contribution in [-0.2, 0) is 6.54 Å². The van der Waals surface area contributed by atoms with Crippen molar-refractivity contribution in [2.24, 2.45) is 4.99 Å². The van der Waals surface area contributed by atoms with Crippen LogP contribution in [-0.4, -0.2) is 12.8 Å². The molecule has 4 rings (SSSR count). The first-order valence-electron chi connectivity index (χ1n) is 8.01. The molecular weight excluding hydrogens is 316 g/mol. The molecule has 0 bridgehead atoms. The number of fused-ring (bicyclic) bond motifs is 1. The lowest BCUT2D eigenvalue weighted by molar-refractivity contribution is 0.882. The van der Waals surface area contributed by atoms with Gasteiger partial charge in [-0.05, 0) is 41.0 Å². The number of rotatable bonds is 3. The van der Waals surface area contributed by atoms with Gasteiger partial charge >= 0.3 is 0 Å². The number of anilines is 1. The third-order valence-electron chi connectivity index (χ3n) is 4.27. The van der Waals surface area contributed by atoms with Gasteiger partial charge in [-0.25, -0.2) is 0 Å². The maximum absolute atomic E-state index is 6.18. The summed E-state index contributed by atoms with van der Waals surface area (Å²) in [6.07, 6.45) is 1.98. The van der Waals surface area contributed by atoms with Crippen LogP contribution in [0.2, 0.25) is 5.02 Å². The maximum Gasteiger partial charge on any atom is 0.0860 e. The molecule has 2 nitrogen and oxygen atoms in total. The highest BCUT2D eigenvalue weighted by Crippen LogP contribution is 2.33. The molecule has 0 saturated heterocycles. The minimum atomic E-state index is 0.762. The van der Waals surface area contributed by atoms with Gasteiger partial charge in [0.25, 0.3) is 0 Å². The van der Waals surface area contributed by atoms with Crippen molar-refractivity contribution >= 4 is 29.2 Å². The van der Waals surface area contributed by atoms with Crippen molar-refractivity contribution < 1.29 is 0 Å². The summed E-state index contributed by atoms with van der Waals surface area (Å²) in [4.78, 5) is 6.85. The second kappa shape index (κ2) is 6.50. The Bertz CT molecular complexity index is 902. The lowest BCUT2D eigenvalue weighted by atomic mass is 9.99. The van der Waals surface area contributed by atoms with Crippen LogP contribution >= 0.6 is 11.6 Å². The van der Waals surface area contributed by atoms with E-state index in [-0.39, 0.29) is 0 Å². The van der Waals surface area contributed by atoms with Gasteiger partial charge in [0.05, 0.1) is 17.9 Å². The van der Waals surface area contributed by atoms with Crippen LogP contribution in [0.25, 0.3) is 11.1 Å². The summed E-state index contributed by atoms with van der Waals surface area (Å²) in [7, 11) is 0. The number of hydrogen-bond donors (Lipinski definition) is 0. The van der Waals surface area contributed by atoms with Gasteiger partial charge in [-0.3, -0.25) is 4.99 Å². The minimum absolute atomic E-state index is 0.762. The van der Waals surface area contributed by atoms with Crippen LogP contribution in [0.1, 0.15) is 5.56 Å². The van der Waals surface area contributed by atoms with Crippen LogP contribution < -0.4 is 4.90 Å². The van der Waals surface area contributed by atoms with Crippen LogP contribution in [0.15, 0.2) is 77.8 Å². The highest BCUT2D eigenvalue weighted by Gasteiger charge is 2.15. The molecule has 0 aromatic heterocycles. The summed E-state index contributed by atoms with van der Waals surface area (Å²) in [5, 5.41) is 0.762. The number of benzene rings is 3. The highest BCUT2D eigenvalue weighted by atomic mass is 35.5. The Morgan fingerprint density at radius 2 is 1.75 bits per heavy atom. The van der Waals surface area contributed by atoms with E-state index in [1.54, 1.807) is 0 Å². The molecule has 118 valence electrons. The lowest BCUT2D eigenvalue weighted by Gasteiger charge is -2.28. The molecular formula is C21H17ClN2. The molecule has 0 radical (unpaired) electrons.